The molecule has 11 heteroatoms. The van der Waals surface area contributed by atoms with Gasteiger partial charge in [-0.1, -0.05) is 23.5 Å². The summed E-state index contributed by atoms with van der Waals surface area (Å²) < 4.78 is 10.6. The highest BCUT2D eigenvalue weighted by atomic mass is 32.2. The Labute approximate surface area is 206 Å². The quantitative estimate of drug-likeness (QED) is 0.224. The van der Waals surface area contributed by atoms with E-state index in [2.05, 4.69) is 20.8 Å². The van der Waals surface area contributed by atoms with E-state index < -0.39 is 6.04 Å². The van der Waals surface area contributed by atoms with Gasteiger partial charge in [0.2, 0.25) is 5.91 Å². The third kappa shape index (κ3) is 6.87. The molecule has 1 atom stereocenters. The number of nitrogens with zero attached hydrogens (tertiary/aromatic N) is 2. The summed E-state index contributed by atoms with van der Waals surface area (Å²) in [6.07, 6.45) is 4.84. The number of thiazole rings is 1. The van der Waals surface area contributed by atoms with E-state index in [0.29, 0.717) is 46.1 Å². The van der Waals surface area contributed by atoms with Crippen LogP contribution in [0.15, 0.2) is 41.4 Å². The normalized spacial score (nSPS) is 14.3. The molecular formula is C23H28N4O5S2. The molecule has 1 aromatic carbocycles. The van der Waals surface area contributed by atoms with Gasteiger partial charge in [0, 0.05) is 36.1 Å². The van der Waals surface area contributed by atoms with Crippen molar-refractivity contribution in [1.82, 2.24) is 15.4 Å². The Balaban J connectivity index is 1.47. The monoisotopic (exact) mass is 504 g/mol. The average molecular weight is 505 g/mol. The molecule has 1 fully saturated rings. The zero-order valence-electron chi connectivity index (χ0n) is 18.9. The summed E-state index contributed by atoms with van der Waals surface area (Å²) in [7, 11) is 1.64. The molecule has 1 aliphatic carbocycles. The predicted octanol–water partition coefficient (Wildman–Crippen LogP) is 3.55. The first-order valence-electron chi connectivity index (χ1n) is 11.1. The second-order valence-electron chi connectivity index (χ2n) is 7.68. The summed E-state index contributed by atoms with van der Waals surface area (Å²) in [5.74, 6) is 0.210. The van der Waals surface area contributed by atoms with Crippen molar-refractivity contribution < 1.29 is 24.2 Å². The number of benzene rings is 1. The summed E-state index contributed by atoms with van der Waals surface area (Å²) in [5.41, 5.74) is 4.22. The number of rotatable bonds is 14. The van der Waals surface area contributed by atoms with E-state index in [1.54, 1.807) is 19.4 Å². The molecule has 2 heterocycles. The largest absolute Gasteiger partial charge is 0.489 e. The first-order valence-corrected chi connectivity index (χ1v) is 12.8. The van der Waals surface area contributed by atoms with E-state index >= 15 is 0 Å². The van der Waals surface area contributed by atoms with Crippen LogP contribution in [0.2, 0.25) is 0 Å². The average Bonchev–Trinajstić information content (AvgIpc) is 3.56. The number of aromatic nitrogens is 2. The molecule has 9 nitrogen and oxygen atoms in total. The van der Waals surface area contributed by atoms with Crippen LogP contribution in [0.25, 0.3) is 10.3 Å². The van der Waals surface area contributed by atoms with Crippen LogP contribution in [-0.4, -0.2) is 59.8 Å². The minimum Gasteiger partial charge on any atom is -0.489 e. The van der Waals surface area contributed by atoms with Crippen LogP contribution in [0.1, 0.15) is 30.9 Å². The van der Waals surface area contributed by atoms with Crippen molar-refractivity contribution in [1.29, 1.82) is 0 Å². The first-order chi connectivity index (χ1) is 16.7. The third-order valence-corrected chi connectivity index (χ3v) is 7.17. The highest BCUT2D eigenvalue weighted by molar-refractivity contribution is 8.00. The fraction of sp³-hybridized carbons (Fsp3) is 0.435. The van der Waals surface area contributed by atoms with Gasteiger partial charge in [-0.15, -0.1) is 11.8 Å². The van der Waals surface area contributed by atoms with Crippen molar-refractivity contribution in [3.8, 4) is 5.75 Å². The Morgan fingerprint density at radius 2 is 2.06 bits per heavy atom. The Morgan fingerprint density at radius 1 is 1.24 bits per heavy atom. The number of carbonyl (C=O) groups excluding carboxylic acids is 1. The van der Waals surface area contributed by atoms with Gasteiger partial charge >= 0.3 is 0 Å². The molecule has 0 aliphatic heterocycles. The van der Waals surface area contributed by atoms with Gasteiger partial charge < -0.3 is 24.7 Å². The van der Waals surface area contributed by atoms with Crippen molar-refractivity contribution in [2.24, 2.45) is 0 Å². The summed E-state index contributed by atoms with van der Waals surface area (Å²) in [4.78, 5) is 29.4. The van der Waals surface area contributed by atoms with Gasteiger partial charge in [-0.3, -0.25) is 4.79 Å². The van der Waals surface area contributed by atoms with Gasteiger partial charge in [0.15, 0.2) is 5.13 Å². The number of methoxy groups -OCH3 is 1. The molecule has 1 unspecified atom stereocenters. The molecule has 182 valence electrons. The molecule has 3 N–H and O–H groups in total. The number of pyridine rings is 1. The number of hydroxylamine groups is 1. The number of carbonyl (C=O) groups is 1. The molecule has 1 amide bonds. The Morgan fingerprint density at radius 3 is 2.79 bits per heavy atom. The van der Waals surface area contributed by atoms with Gasteiger partial charge in [-0.25, -0.2) is 9.97 Å². The lowest BCUT2D eigenvalue weighted by Crippen LogP contribution is -2.33. The van der Waals surface area contributed by atoms with Crippen LogP contribution in [-0.2, 0) is 14.4 Å². The van der Waals surface area contributed by atoms with E-state index in [9.17, 15) is 4.79 Å². The van der Waals surface area contributed by atoms with Crippen molar-refractivity contribution in [3.63, 3.8) is 0 Å². The number of amides is 1. The lowest BCUT2D eigenvalue weighted by Gasteiger charge is -2.18. The summed E-state index contributed by atoms with van der Waals surface area (Å²) in [5, 5.41) is 13.0. The number of aliphatic hydroxyl groups excluding tert-OH is 1. The van der Waals surface area contributed by atoms with Crippen LogP contribution in [0.4, 0.5) is 5.13 Å². The first kappa shape index (κ1) is 24.8. The van der Waals surface area contributed by atoms with Gasteiger partial charge in [0.05, 0.1) is 13.2 Å². The lowest BCUT2D eigenvalue weighted by molar-refractivity contribution is -0.122. The van der Waals surface area contributed by atoms with Gasteiger partial charge in [-0.05, 0) is 37.0 Å². The zero-order chi connectivity index (χ0) is 23.8. The van der Waals surface area contributed by atoms with Crippen LogP contribution in [0, 0.1) is 0 Å². The minimum atomic E-state index is -0.729. The minimum absolute atomic E-state index is 0.104. The van der Waals surface area contributed by atoms with E-state index in [-0.39, 0.29) is 19.1 Å². The molecular weight excluding hydrogens is 476 g/mol. The second kappa shape index (κ2) is 12.4. The number of hydrogen-bond acceptors (Lipinski definition) is 10. The number of anilines is 1. The van der Waals surface area contributed by atoms with E-state index in [0.717, 1.165) is 5.56 Å². The smallest absolute Gasteiger partial charge is 0.250 e. The Hall–Kier alpha value is -2.28. The van der Waals surface area contributed by atoms with E-state index in [1.807, 2.05) is 36.0 Å². The molecule has 0 spiro atoms. The second-order valence-corrected chi connectivity index (χ2v) is 10.0. The van der Waals surface area contributed by atoms with Crippen molar-refractivity contribution in [3.05, 3.63) is 42.1 Å². The summed E-state index contributed by atoms with van der Waals surface area (Å²) in [6, 6.07) is 8.92. The SMILES string of the molecule is COCCCONC(C(=O)Nc1nc2c(OCCO)ccnc2s1)c1ccc(SC2CC2)cc1. The molecule has 0 saturated heterocycles. The van der Waals surface area contributed by atoms with E-state index in [1.165, 1.54) is 29.1 Å². The van der Waals surface area contributed by atoms with Gasteiger partial charge in [0.25, 0.3) is 0 Å². The molecule has 0 bridgehead atoms. The molecule has 1 saturated carbocycles. The van der Waals surface area contributed by atoms with Crippen molar-refractivity contribution >= 4 is 44.5 Å². The maximum Gasteiger partial charge on any atom is 0.250 e. The fourth-order valence-corrected chi connectivity index (χ4v) is 5.00. The van der Waals surface area contributed by atoms with Crippen LogP contribution in [0.5, 0.6) is 5.75 Å². The topological polar surface area (TPSA) is 115 Å². The van der Waals surface area contributed by atoms with Crippen molar-refractivity contribution in [2.75, 3.05) is 38.9 Å². The van der Waals surface area contributed by atoms with Crippen LogP contribution in [0.3, 0.4) is 0 Å². The zero-order valence-corrected chi connectivity index (χ0v) is 20.5. The number of aliphatic hydroxyl groups is 1. The predicted molar refractivity (Wildman–Crippen MR) is 132 cm³/mol. The van der Waals surface area contributed by atoms with Gasteiger partial charge in [0.1, 0.15) is 28.7 Å². The molecule has 2 aromatic heterocycles. The Kier molecular flexibility index (Phi) is 9.08. The number of nitrogens with one attached hydrogen (secondary N) is 2. The molecule has 3 aromatic rings. The summed E-state index contributed by atoms with van der Waals surface area (Å²) >= 11 is 3.12. The van der Waals surface area contributed by atoms with Gasteiger partial charge in [-0.2, -0.15) is 5.48 Å². The highest BCUT2D eigenvalue weighted by Gasteiger charge is 2.25. The lowest BCUT2D eigenvalue weighted by atomic mass is 10.1. The molecule has 34 heavy (non-hydrogen) atoms. The maximum atomic E-state index is 13.2. The van der Waals surface area contributed by atoms with Crippen LogP contribution < -0.4 is 15.5 Å². The number of fused-ring (bicyclic) bond motifs is 1. The fourth-order valence-electron chi connectivity index (χ4n) is 3.12. The number of ether oxygens (including phenoxy) is 2. The third-order valence-electron chi connectivity index (χ3n) is 4.94. The Bertz CT molecular complexity index is 1070. The van der Waals surface area contributed by atoms with E-state index in [4.69, 9.17) is 19.4 Å². The van der Waals surface area contributed by atoms with Crippen molar-refractivity contribution in [2.45, 2.75) is 35.4 Å². The number of hydrogen-bond donors (Lipinski definition) is 3. The van der Waals surface area contributed by atoms with Crippen LogP contribution >= 0.6 is 23.1 Å². The highest BCUT2D eigenvalue weighted by Crippen LogP contribution is 2.39. The maximum absolute atomic E-state index is 13.2. The summed E-state index contributed by atoms with van der Waals surface area (Å²) in [6.45, 7) is 1.03. The molecule has 1 aliphatic rings. The standard InChI is InChI=1S/C23H28N4O5S2/c1-30-12-2-13-32-27-19(15-3-5-16(6-4-15)33-17-7-8-17)21(29)26-23-25-20-18(31-14-11-28)9-10-24-22(20)34-23/h3-6,9-10,17,19,27-28H,2,7-8,11-14H2,1H3,(H,25,26,29). The number of thioether (sulfide) groups is 1. The molecule has 0 radical (unpaired) electrons. The molecule has 4 rings (SSSR count).